The summed E-state index contributed by atoms with van der Waals surface area (Å²) in [5, 5.41) is 8.50. The van der Waals surface area contributed by atoms with Gasteiger partial charge in [-0.3, -0.25) is 14.5 Å². The molecule has 0 unspecified atom stereocenters. The maximum absolute atomic E-state index is 13.3. The lowest BCUT2D eigenvalue weighted by molar-refractivity contribution is 0.102. The monoisotopic (exact) mass is 524 g/mol. The van der Waals surface area contributed by atoms with E-state index < -0.39 is 11.8 Å². The van der Waals surface area contributed by atoms with Gasteiger partial charge in [0.1, 0.15) is 11.6 Å². The lowest BCUT2D eigenvalue weighted by atomic mass is 10.1. The van der Waals surface area contributed by atoms with Crippen LogP contribution in [0.1, 0.15) is 32.7 Å². The number of amides is 4. The number of rotatable bonds is 9. The second-order valence-electron chi connectivity index (χ2n) is 8.10. The lowest BCUT2D eigenvalue weighted by Gasteiger charge is -2.19. The van der Waals surface area contributed by atoms with Gasteiger partial charge >= 0.3 is 6.03 Å². The molecule has 194 valence electrons. The van der Waals surface area contributed by atoms with Crippen LogP contribution in [0.15, 0.2) is 54.7 Å². The summed E-state index contributed by atoms with van der Waals surface area (Å²) in [5.74, 6) is -0.336. The molecule has 0 fully saturated rings. The Morgan fingerprint density at radius 1 is 1.03 bits per heavy atom. The lowest BCUT2D eigenvalue weighted by Crippen LogP contribution is -2.34. The average molecular weight is 525 g/mol. The minimum Gasteiger partial charge on any atom is -0.493 e. The molecule has 10 nitrogen and oxygen atoms in total. The fourth-order valence-electron chi connectivity index (χ4n) is 3.36. The number of aryl methyl sites for hydroxylation is 1. The molecule has 0 bridgehead atoms. The Morgan fingerprint density at radius 3 is 2.46 bits per heavy atom. The van der Waals surface area contributed by atoms with Crippen molar-refractivity contribution in [3.63, 3.8) is 0 Å². The molecule has 0 saturated heterocycles. The first kappa shape index (κ1) is 27.4. The zero-order valence-electron chi connectivity index (χ0n) is 20.8. The SMILES string of the molecule is CNC(=O)N(C)c1ccc(C(=O)Nc2ccc(C)cc2C(=O)Nc2ccc(Cl)cn2)c(OCCCN)c1. The number of carbonyl (C=O) groups excluding carboxylic acids is 3. The number of nitrogens with two attached hydrogens (primary N) is 1. The number of nitrogens with zero attached hydrogens (tertiary/aromatic N) is 2. The highest BCUT2D eigenvalue weighted by Gasteiger charge is 2.20. The van der Waals surface area contributed by atoms with Gasteiger partial charge in [-0.25, -0.2) is 9.78 Å². The third-order valence-corrected chi connectivity index (χ3v) is 5.58. The van der Waals surface area contributed by atoms with Gasteiger partial charge in [-0.2, -0.15) is 0 Å². The summed E-state index contributed by atoms with van der Waals surface area (Å²) >= 11 is 5.87. The van der Waals surface area contributed by atoms with Crippen molar-refractivity contribution in [1.29, 1.82) is 0 Å². The van der Waals surface area contributed by atoms with Crippen molar-refractivity contribution in [3.05, 3.63) is 76.4 Å². The van der Waals surface area contributed by atoms with Gasteiger partial charge in [-0.1, -0.05) is 23.2 Å². The predicted molar refractivity (Wildman–Crippen MR) is 145 cm³/mol. The van der Waals surface area contributed by atoms with E-state index in [9.17, 15) is 14.4 Å². The zero-order valence-corrected chi connectivity index (χ0v) is 21.6. The summed E-state index contributed by atoms with van der Waals surface area (Å²) in [4.78, 5) is 43.9. The maximum atomic E-state index is 13.3. The van der Waals surface area contributed by atoms with Gasteiger partial charge in [0.2, 0.25) is 0 Å². The minimum absolute atomic E-state index is 0.234. The van der Waals surface area contributed by atoms with Crippen LogP contribution < -0.4 is 31.3 Å². The highest BCUT2D eigenvalue weighted by Crippen LogP contribution is 2.28. The molecule has 0 spiro atoms. The Balaban J connectivity index is 1.89. The molecule has 4 amide bonds. The second-order valence-corrected chi connectivity index (χ2v) is 8.54. The van der Waals surface area contributed by atoms with E-state index in [1.165, 1.54) is 18.1 Å². The minimum atomic E-state index is -0.487. The van der Waals surface area contributed by atoms with Crippen molar-refractivity contribution in [3.8, 4) is 5.75 Å². The van der Waals surface area contributed by atoms with Crippen LogP contribution in [0.5, 0.6) is 5.75 Å². The number of halogens is 1. The first-order valence-corrected chi connectivity index (χ1v) is 11.9. The molecule has 3 aromatic rings. The van der Waals surface area contributed by atoms with Crippen molar-refractivity contribution in [2.24, 2.45) is 5.73 Å². The van der Waals surface area contributed by atoms with Gasteiger partial charge in [-0.15, -0.1) is 0 Å². The van der Waals surface area contributed by atoms with Crippen LogP contribution in [0.4, 0.5) is 22.0 Å². The average Bonchev–Trinajstić information content (AvgIpc) is 2.90. The van der Waals surface area contributed by atoms with Gasteiger partial charge in [0.15, 0.2) is 0 Å². The van der Waals surface area contributed by atoms with E-state index in [1.54, 1.807) is 55.6 Å². The van der Waals surface area contributed by atoms with Gasteiger partial charge in [-0.05, 0) is 56.3 Å². The molecule has 0 atom stereocenters. The highest BCUT2D eigenvalue weighted by molar-refractivity contribution is 6.30. The number of hydrogen-bond donors (Lipinski definition) is 4. The summed E-state index contributed by atoms with van der Waals surface area (Å²) in [5.41, 5.74) is 7.74. The molecule has 11 heteroatoms. The number of hydrogen-bond acceptors (Lipinski definition) is 6. The van der Waals surface area contributed by atoms with Crippen LogP contribution in [-0.4, -0.2) is 50.1 Å². The van der Waals surface area contributed by atoms with E-state index in [0.29, 0.717) is 35.2 Å². The van der Waals surface area contributed by atoms with E-state index in [-0.39, 0.29) is 29.5 Å². The summed E-state index contributed by atoms with van der Waals surface area (Å²) in [6.07, 6.45) is 2.01. The molecule has 1 aromatic heterocycles. The number of urea groups is 1. The number of carbonyl (C=O) groups is 3. The Kier molecular flexibility index (Phi) is 9.42. The van der Waals surface area contributed by atoms with Crippen LogP contribution >= 0.6 is 11.6 Å². The standard InChI is InChI=1S/C26H29ClN6O4/c1-16-5-9-21(20(13-16)25(35)32-23-10-6-17(27)15-30-23)31-24(34)19-8-7-18(33(3)26(36)29-2)14-22(19)37-12-4-11-28/h5-10,13-15H,4,11-12,28H2,1-3H3,(H,29,36)(H,31,34)(H,30,32,35). The molecule has 0 saturated carbocycles. The number of pyridine rings is 1. The number of ether oxygens (including phenoxy) is 1. The van der Waals surface area contributed by atoms with E-state index in [0.717, 1.165) is 5.56 Å². The van der Waals surface area contributed by atoms with Crippen molar-refractivity contribution in [2.75, 3.05) is 42.8 Å². The van der Waals surface area contributed by atoms with E-state index >= 15 is 0 Å². The van der Waals surface area contributed by atoms with Crippen LogP contribution in [-0.2, 0) is 0 Å². The largest absolute Gasteiger partial charge is 0.493 e. The number of aromatic nitrogens is 1. The molecule has 0 aliphatic rings. The molecule has 0 aliphatic carbocycles. The Morgan fingerprint density at radius 2 is 1.78 bits per heavy atom. The van der Waals surface area contributed by atoms with Crippen molar-refractivity contribution in [2.45, 2.75) is 13.3 Å². The second kappa shape index (κ2) is 12.7. The molecule has 1 heterocycles. The smallest absolute Gasteiger partial charge is 0.321 e. The van der Waals surface area contributed by atoms with Gasteiger partial charge in [0.25, 0.3) is 11.8 Å². The summed E-state index contributed by atoms with van der Waals surface area (Å²) in [7, 11) is 3.13. The van der Waals surface area contributed by atoms with Crippen LogP contribution in [0.2, 0.25) is 5.02 Å². The number of nitrogens with one attached hydrogen (secondary N) is 3. The Bertz CT molecular complexity index is 1280. The van der Waals surface area contributed by atoms with Crippen LogP contribution in [0.25, 0.3) is 0 Å². The van der Waals surface area contributed by atoms with Crippen molar-refractivity contribution < 1.29 is 19.1 Å². The molecule has 5 N–H and O–H groups in total. The summed E-state index contributed by atoms with van der Waals surface area (Å²) in [6.45, 7) is 2.55. The molecule has 0 aliphatic heterocycles. The zero-order chi connectivity index (χ0) is 26.9. The first-order chi connectivity index (χ1) is 17.7. The number of anilines is 3. The third kappa shape index (κ3) is 7.18. The van der Waals surface area contributed by atoms with E-state index in [4.69, 9.17) is 22.1 Å². The summed E-state index contributed by atoms with van der Waals surface area (Å²) in [6, 6.07) is 12.8. The van der Waals surface area contributed by atoms with Crippen LogP contribution in [0.3, 0.4) is 0 Å². The Hall–Kier alpha value is -4.15. The molecular formula is C26H29ClN6O4. The fraction of sp³-hybridized carbons (Fsp3) is 0.231. The Labute approximate surface area is 220 Å². The molecule has 2 aromatic carbocycles. The quantitative estimate of drug-likeness (QED) is 0.311. The molecule has 0 radical (unpaired) electrons. The highest BCUT2D eigenvalue weighted by atomic mass is 35.5. The predicted octanol–water partition coefficient (Wildman–Crippen LogP) is 4.05. The van der Waals surface area contributed by atoms with Gasteiger partial charge < -0.3 is 26.4 Å². The van der Waals surface area contributed by atoms with Gasteiger partial charge in [0, 0.05) is 32.0 Å². The van der Waals surface area contributed by atoms with Crippen LogP contribution in [0, 0.1) is 6.92 Å². The summed E-state index contributed by atoms with van der Waals surface area (Å²) < 4.78 is 5.83. The van der Waals surface area contributed by atoms with Crippen molar-refractivity contribution >= 4 is 46.6 Å². The number of benzene rings is 2. The maximum Gasteiger partial charge on any atom is 0.321 e. The topological polar surface area (TPSA) is 139 Å². The van der Waals surface area contributed by atoms with E-state index in [2.05, 4.69) is 20.9 Å². The van der Waals surface area contributed by atoms with Gasteiger partial charge in [0.05, 0.1) is 28.4 Å². The fourth-order valence-corrected chi connectivity index (χ4v) is 3.47. The molecule has 37 heavy (non-hydrogen) atoms. The molecule has 3 rings (SSSR count). The first-order valence-electron chi connectivity index (χ1n) is 11.5. The third-order valence-electron chi connectivity index (χ3n) is 5.36. The molecular weight excluding hydrogens is 496 g/mol. The van der Waals surface area contributed by atoms with Crippen molar-refractivity contribution in [1.82, 2.24) is 10.3 Å². The van der Waals surface area contributed by atoms with E-state index in [1.807, 2.05) is 6.92 Å². The normalized spacial score (nSPS) is 10.4.